The van der Waals surface area contributed by atoms with Gasteiger partial charge in [0.1, 0.15) is 5.82 Å². The van der Waals surface area contributed by atoms with Crippen LogP contribution in [0.3, 0.4) is 0 Å². The minimum Gasteiger partial charge on any atom is -0.481 e. The normalized spacial score (nSPS) is 18.9. The van der Waals surface area contributed by atoms with E-state index in [-0.39, 0.29) is 18.2 Å². The number of carbonyl (C=O) groups is 1. The van der Waals surface area contributed by atoms with Crippen molar-refractivity contribution < 1.29 is 14.8 Å². The highest BCUT2D eigenvalue weighted by Gasteiger charge is 2.28. The Morgan fingerprint density at radius 1 is 1.67 bits per heavy atom. The molecule has 1 aromatic rings. The first-order valence-corrected chi connectivity index (χ1v) is 5.67. The predicted octanol–water partition coefficient (Wildman–Crippen LogP) is 1.43. The molecule has 0 amide bonds. The zero-order valence-corrected chi connectivity index (χ0v) is 9.65. The smallest absolute Gasteiger partial charge is 0.305 e. The molecule has 2 heterocycles. The molecule has 0 spiro atoms. The van der Waals surface area contributed by atoms with E-state index in [1.54, 1.807) is 0 Å². The molecule has 1 aromatic heterocycles. The van der Waals surface area contributed by atoms with Gasteiger partial charge in [-0.1, -0.05) is 0 Å². The molecule has 1 unspecified atom stereocenters. The number of carboxylic acid groups (broad SMARTS) is 1. The summed E-state index contributed by atoms with van der Waals surface area (Å²) in [5.74, 6) is -0.384. The van der Waals surface area contributed by atoms with Gasteiger partial charge in [-0.25, -0.2) is 4.98 Å². The summed E-state index contributed by atoms with van der Waals surface area (Å²) in [6.07, 6.45) is 3.06. The van der Waals surface area contributed by atoms with E-state index >= 15 is 0 Å². The zero-order chi connectivity index (χ0) is 13.1. The average molecular weight is 251 g/mol. The van der Waals surface area contributed by atoms with Gasteiger partial charge in [0.2, 0.25) is 0 Å². The van der Waals surface area contributed by atoms with Crippen LogP contribution in [0.15, 0.2) is 18.3 Å². The second-order valence-electron chi connectivity index (χ2n) is 4.22. The Labute approximate surface area is 103 Å². The predicted molar refractivity (Wildman–Crippen MR) is 63.5 cm³/mol. The fourth-order valence-corrected chi connectivity index (χ4v) is 2.23. The number of pyridine rings is 1. The number of anilines is 1. The van der Waals surface area contributed by atoms with Crippen LogP contribution in [-0.4, -0.2) is 33.6 Å². The molecule has 1 fully saturated rings. The summed E-state index contributed by atoms with van der Waals surface area (Å²) in [5, 5.41) is 19.5. The molecule has 2 rings (SSSR count). The molecule has 0 aromatic carbocycles. The maximum Gasteiger partial charge on any atom is 0.305 e. The van der Waals surface area contributed by atoms with Crippen LogP contribution in [0, 0.1) is 10.1 Å². The van der Waals surface area contributed by atoms with Crippen molar-refractivity contribution in [2.75, 3.05) is 11.4 Å². The quantitative estimate of drug-likeness (QED) is 0.642. The van der Waals surface area contributed by atoms with Gasteiger partial charge < -0.3 is 10.0 Å². The maximum atomic E-state index is 10.8. The van der Waals surface area contributed by atoms with Gasteiger partial charge in [-0.05, 0) is 12.8 Å². The van der Waals surface area contributed by atoms with Crippen LogP contribution in [0.25, 0.3) is 0 Å². The van der Waals surface area contributed by atoms with Crippen LogP contribution < -0.4 is 4.90 Å². The van der Waals surface area contributed by atoms with Crippen LogP contribution >= 0.6 is 0 Å². The number of aliphatic carboxylic acids is 1. The van der Waals surface area contributed by atoms with E-state index in [2.05, 4.69) is 4.98 Å². The van der Waals surface area contributed by atoms with Gasteiger partial charge >= 0.3 is 5.97 Å². The van der Waals surface area contributed by atoms with Crippen LogP contribution in [0.2, 0.25) is 0 Å². The fourth-order valence-electron chi connectivity index (χ4n) is 2.23. The Balaban J connectivity index is 2.21. The summed E-state index contributed by atoms with van der Waals surface area (Å²) in [6, 6.07) is 2.59. The Morgan fingerprint density at radius 2 is 2.44 bits per heavy atom. The number of rotatable bonds is 4. The van der Waals surface area contributed by atoms with Crippen molar-refractivity contribution >= 4 is 17.5 Å². The van der Waals surface area contributed by atoms with E-state index in [9.17, 15) is 14.9 Å². The Bertz CT molecular complexity index is 477. The summed E-state index contributed by atoms with van der Waals surface area (Å²) in [7, 11) is 0. The van der Waals surface area contributed by atoms with Crippen molar-refractivity contribution in [3.05, 3.63) is 28.4 Å². The molecule has 7 heteroatoms. The van der Waals surface area contributed by atoms with E-state index in [0.29, 0.717) is 12.4 Å². The topological polar surface area (TPSA) is 96.6 Å². The highest BCUT2D eigenvalue weighted by atomic mass is 16.6. The number of carboxylic acids is 1. The number of aromatic nitrogens is 1. The van der Waals surface area contributed by atoms with Crippen molar-refractivity contribution in [2.24, 2.45) is 0 Å². The van der Waals surface area contributed by atoms with Gasteiger partial charge in [0.25, 0.3) is 5.69 Å². The molecule has 0 radical (unpaired) electrons. The van der Waals surface area contributed by atoms with Crippen LogP contribution in [0.4, 0.5) is 11.5 Å². The van der Waals surface area contributed by atoms with Gasteiger partial charge in [-0.3, -0.25) is 14.9 Å². The van der Waals surface area contributed by atoms with E-state index in [1.807, 2.05) is 4.90 Å². The molecule has 0 aliphatic carbocycles. The number of hydrogen-bond acceptors (Lipinski definition) is 5. The van der Waals surface area contributed by atoms with E-state index in [0.717, 1.165) is 12.8 Å². The Hall–Kier alpha value is -2.18. The molecule has 0 bridgehead atoms. The van der Waals surface area contributed by atoms with Crippen LogP contribution in [-0.2, 0) is 4.79 Å². The number of hydrogen-bond donors (Lipinski definition) is 1. The minimum atomic E-state index is -0.864. The molecule has 18 heavy (non-hydrogen) atoms. The van der Waals surface area contributed by atoms with Crippen molar-refractivity contribution in [2.45, 2.75) is 25.3 Å². The summed E-state index contributed by atoms with van der Waals surface area (Å²) in [4.78, 5) is 26.9. The van der Waals surface area contributed by atoms with E-state index in [4.69, 9.17) is 5.11 Å². The second-order valence-corrected chi connectivity index (χ2v) is 4.22. The van der Waals surface area contributed by atoms with Crippen molar-refractivity contribution in [3.8, 4) is 0 Å². The summed E-state index contributed by atoms with van der Waals surface area (Å²) in [6.45, 7) is 0.687. The largest absolute Gasteiger partial charge is 0.481 e. The lowest BCUT2D eigenvalue weighted by molar-refractivity contribution is -0.384. The third-order valence-electron chi connectivity index (χ3n) is 3.02. The van der Waals surface area contributed by atoms with Gasteiger partial charge in [0.15, 0.2) is 0 Å². The van der Waals surface area contributed by atoms with Crippen molar-refractivity contribution in [1.82, 2.24) is 4.98 Å². The lowest BCUT2D eigenvalue weighted by Crippen LogP contribution is -2.31. The summed E-state index contributed by atoms with van der Waals surface area (Å²) < 4.78 is 0. The van der Waals surface area contributed by atoms with Crippen molar-refractivity contribution in [3.63, 3.8) is 0 Å². The molecular formula is C11H13N3O4. The zero-order valence-electron chi connectivity index (χ0n) is 9.65. The van der Waals surface area contributed by atoms with Gasteiger partial charge in [-0.15, -0.1) is 0 Å². The number of nitrogens with zero attached hydrogens (tertiary/aromatic N) is 3. The first-order valence-electron chi connectivity index (χ1n) is 5.67. The number of nitro groups is 1. The lowest BCUT2D eigenvalue weighted by Gasteiger charge is -2.24. The lowest BCUT2D eigenvalue weighted by atomic mass is 10.1. The molecule has 1 saturated heterocycles. The second kappa shape index (κ2) is 4.99. The first kappa shape index (κ1) is 12.3. The average Bonchev–Trinajstić information content (AvgIpc) is 2.76. The fraction of sp³-hybridized carbons (Fsp3) is 0.455. The Kier molecular flexibility index (Phi) is 3.40. The molecule has 1 atom stereocenters. The van der Waals surface area contributed by atoms with Gasteiger partial charge in [-0.2, -0.15) is 0 Å². The Morgan fingerprint density at radius 3 is 3.11 bits per heavy atom. The molecule has 1 aliphatic heterocycles. The van der Waals surface area contributed by atoms with Crippen molar-refractivity contribution in [1.29, 1.82) is 0 Å². The standard InChI is InChI=1S/C11H13N3O4/c15-11(16)7-8-2-1-5-13(8)10-6-9(14(17)18)3-4-12-10/h3-4,6,8H,1-2,5,7H2,(H,15,16). The SMILES string of the molecule is O=C(O)CC1CCCN1c1cc([N+](=O)[O-])ccn1. The van der Waals surface area contributed by atoms with Gasteiger partial charge in [0.05, 0.1) is 17.4 Å². The molecule has 96 valence electrons. The molecule has 0 saturated carbocycles. The maximum absolute atomic E-state index is 10.8. The van der Waals surface area contributed by atoms with Crippen LogP contribution in [0.5, 0.6) is 0 Å². The van der Waals surface area contributed by atoms with Gasteiger partial charge in [0, 0.05) is 24.8 Å². The van der Waals surface area contributed by atoms with Crippen LogP contribution in [0.1, 0.15) is 19.3 Å². The molecule has 1 N–H and O–H groups in total. The highest BCUT2D eigenvalue weighted by molar-refractivity contribution is 5.68. The summed E-state index contributed by atoms with van der Waals surface area (Å²) >= 11 is 0. The highest BCUT2D eigenvalue weighted by Crippen LogP contribution is 2.27. The summed E-state index contributed by atoms with van der Waals surface area (Å²) in [5.41, 5.74) is -0.0269. The molecular weight excluding hydrogens is 238 g/mol. The monoisotopic (exact) mass is 251 g/mol. The third-order valence-corrected chi connectivity index (χ3v) is 3.02. The van der Waals surface area contributed by atoms with E-state index < -0.39 is 10.9 Å². The third kappa shape index (κ3) is 2.55. The minimum absolute atomic E-state index is 0.0269. The molecule has 7 nitrogen and oxygen atoms in total. The molecule has 1 aliphatic rings. The first-order chi connectivity index (χ1) is 8.58. The van der Waals surface area contributed by atoms with E-state index in [1.165, 1.54) is 18.3 Å².